The fraction of sp³-hybridized carbons (Fsp3) is 0.364. The van der Waals surface area contributed by atoms with E-state index in [-0.39, 0.29) is 23.5 Å². The average molecular weight is 348 g/mol. The number of nitrogens with zero attached hydrogens (tertiary/aromatic N) is 2. The van der Waals surface area contributed by atoms with Gasteiger partial charge in [-0.3, -0.25) is 4.79 Å². The van der Waals surface area contributed by atoms with E-state index in [4.69, 9.17) is 10.00 Å². The Morgan fingerprint density at radius 1 is 1.08 bits per heavy atom. The lowest BCUT2D eigenvalue weighted by Crippen LogP contribution is -2.51. The van der Waals surface area contributed by atoms with Crippen molar-refractivity contribution in [1.82, 2.24) is 4.90 Å². The van der Waals surface area contributed by atoms with Crippen LogP contribution in [0.25, 0.3) is 0 Å². The Bertz CT molecular complexity index is 801. The smallest absolute Gasteiger partial charge is 0.254 e. The lowest BCUT2D eigenvalue weighted by molar-refractivity contribution is -0.119. The largest absolute Gasteiger partial charge is 0.366 e. The summed E-state index contributed by atoms with van der Waals surface area (Å²) in [6, 6.07) is 18.9. The summed E-state index contributed by atoms with van der Waals surface area (Å²) >= 11 is 0. The molecular weight excluding hydrogens is 324 g/mol. The Morgan fingerprint density at radius 2 is 1.73 bits per heavy atom. The molecule has 0 spiro atoms. The maximum atomic E-state index is 13.0. The van der Waals surface area contributed by atoms with Crippen LogP contribution in [0.15, 0.2) is 54.6 Å². The van der Waals surface area contributed by atoms with Gasteiger partial charge in [0, 0.05) is 12.1 Å². The van der Waals surface area contributed by atoms with Gasteiger partial charge in [0.2, 0.25) is 0 Å². The monoisotopic (exact) mass is 348 g/mol. The molecule has 2 aromatic rings. The summed E-state index contributed by atoms with van der Waals surface area (Å²) in [6.07, 6.45) is -0.194. The van der Waals surface area contributed by atoms with Crippen molar-refractivity contribution in [2.24, 2.45) is 5.41 Å². The van der Waals surface area contributed by atoms with Crippen LogP contribution < -0.4 is 0 Å². The van der Waals surface area contributed by atoms with Gasteiger partial charge in [-0.1, -0.05) is 51.1 Å². The van der Waals surface area contributed by atoms with Crippen molar-refractivity contribution in [2.75, 3.05) is 13.1 Å². The minimum atomic E-state index is -0.142. The quantitative estimate of drug-likeness (QED) is 0.818. The number of hydrogen-bond donors (Lipinski definition) is 0. The first-order valence-corrected chi connectivity index (χ1v) is 8.88. The number of hydrogen-bond acceptors (Lipinski definition) is 3. The van der Waals surface area contributed by atoms with Crippen LogP contribution >= 0.6 is 0 Å². The van der Waals surface area contributed by atoms with E-state index in [1.807, 2.05) is 35.2 Å². The maximum Gasteiger partial charge on any atom is 0.254 e. The van der Waals surface area contributed by atoms with Gasteiger partial charge in [-0.05, 0) is 35.2 Å². The Labute approximate surface area is 155 Å². The molecule has 0 unspecified atom stereocenters. The number of benzene rings is 2. The summed E-state index contributed by atoms with van der Waals surface area (Å²) in [5.41, 5.74) is 2.17. The molecular formula is C22H24N2O2. The van der Waals surface area contributed by atoms with Gasteiger partial charge in [-0.2, -0.15) is 5.26 Å². The fourth-order valence-electron chi connectivity index (χ4n) is 3.12. The Kier molecular flexibility index (Phi) is 5.11. The number of amides is 1. The van der Waals surface area contributed by atoms with Crippen LogP contribution in [0.2, 0.25) is 0 Å². The SMILES string of the molecule is CC(C)(C)[C@H]1CN(C(=O)c2ccc(C#N)cc2)C[C@@H](c2ccccc2)O1. The molecule has 2 aromatic carbocycles. The first-order valence-electron chi connectivity index (χ1n) is 8.88. The van der Waals surface area contributed by atoms with E-state index < -0.39 is 0 Å². The first kappa shape index (κ1) is 18.2. The van der Waals surface area contributed by atoms with E-state index in [0.717, 1.165) is 5.56 Å². The van der Waals surface area contributed by atoms with Crippen LogP contribution in [0.5, 0.6) is 0 Å². The Balaban J connectivity index is 1.86. The highest BCUT2D eigenvalue weighted by Gasteiger charge is 2.37. The molecule has 0 radical (unpaired) electrons. The van der Waals surface area contributed by atoms with Crippen molar-refractivity contribution >= 4 is 5.91 Å². The van der Waals surface area contributed by atoms with Gasteiger partial charge in [-0.25, -0.2) is 0 Å². The second kappa shape index (κ2) is 7.31. The molecule has 0 aromatic heterocycles. The van der Waals surface area contributed by atoms with E-state index in [1.165, 1.54) is 0 Å². The lowest BCUT2D eigenvalue weighted by Gasteiger charge is -2.43. The van der Waals surface area contributed by atoms with Crippen LogP contribution in [-0.4, -0.2) is 30.0 Å². The predicted molar refractivity (Wildman–Crippen MR) is 101 cm³/mol. The van der Waals surface area contributed by atoms with E-state index in [2.05, 4.69) is 26.8 Å². The molecule has 1 amide bonds. The van der Waals surface area contributed by atoms with E-state index in [9.17, 15) is 4.79 Å². The summed E-state index contributed by atoms with van der Waals surface area (Å²) in [6.45, 7) is 7.49. The topological polar surface area (TPSA) is 53.3 Å². The second-order valence-electron chi connectivity index (χ2n) is 7.79. The predicted octanol–water partition coefficient (Wildman–Crippen LogP) is 4.19. The van der Waals surface area contributed by atoms with Crippen molar-refractivity contribution in [1.29, 1.82) is 5.26 Å². The molecule has 0 bridgehead atoms. The first-order chi connectivity index (χ1) is 12.4. The zero-order valence-corrected chi connectivity index (χ0v) is 15.5. The van der Waals surface area contributed by atoms with E-state index in [0.29, 0.717) is 24.2 Å². The highest BCUT2D eigenvalue weighted by atomic mass is 16.5. The van der Waals surface area contributed by atoms with Crippen molar-refractivity contribution in [3.05, 3.63) is 71.3 Å². The fourth-order valence-corrected chi connectivity index (χ4v) is 3.12. The Hall–Kier alpha value is -2.64. The minimum absolute atomic E-state index is 0.0204. The van der Waals surface area contributed by atoms with Crippen LogP contribution in [0.3, 0.4) is 0 Å². The molecule has 134 valence electrons. The van der Waals surface area contributed by atoms with Crippen LogP contribution in [0, 0.1) is 16.7 Å². The normalized spacial score (nSPS) is 20.5. The second-order valence-corrected chi connectivity index (χ2v) is 7.79. The maximum absolute atomic E-state index is 13.0. The molecule has 0 saturated carbocycles. The van der Waals surface area contributed by atoms with Gasteiger partial charge in [0.1, 0.15) is 6.10 Å². The summed E-state index contributed by atoms with van der Waals surface area (Å²) in [7, 11) is 0. The number of carbonyl (C=O) groups is 1. The Morgan fingerprint density at radius 3 is 2.31 bits per heavy atom. The van der Waals surface area contributed by atoms with Crippen molar-refractivity contribution in [2.45, 2.75) is 33.0 Å². The third-order valence-corrected chi connectivity index (χ3v) is 4.79. The zero-order valence-electron chi connectivity index (χ0n) is 15.5. The van der Waals surface area contributed by atoms with Crippen molar-refractivity contribution in [3.8, 4) is 6.07 Å². The van der Waals surface area contributed by atoms with Gasteiger partial charge < -0.3 is 9.64 Å². The molecule has 2 atom stereocenters. The molecule has 0 aliphatic carbocycles. The average Bonchev–Trinajstić information content (AvgIpc) is 2.67. The van der Waals surface area contributed by atoms with Gasteiger partial charge in [0.15, 0.2) is 0 Å². The van der Waals surface area contributed by atoms with E-state index >= 15 is 0 Å². The molecule has 1 saturated heterocycles. The number of rotatable bonds is 2. The molecule has 0 N–H and O–H groups in total. The van der Waals surface area contributed by atoms with Crippen molar-refractivity contribution in [3.63, 3.8) is 0 Å². The van der Waals surface area contributed by atoms with Gasteiger partial charge in [-0.15, -0.1) is 0 Å². The minimum Gasteiger partial charge on any atom is -0.366 e. The molecule has 1 heterocycles. The molecule has 4 heteroatoms. The highest BCUT2D eigenvalue weighted by Crippen LogP contribution is 2.34. The number of carbonyl (C=O) groups excluding carboxylic acids is 1. The molecule has 1 aliphatic heterocycles. The van der Waals surface area contributed by atoms with Gasteiger partial charge in [0.05, 0.1) is 24.3 Å². The molecule has 26 heavy (non-hydrogen) atoms. The third-order valence-electron chi connectivity index (χ3n) is 4.79. The van der Waals surface area contributed by atoms with Gasteiger partial charge in [0.25, 0.3) is 5.91 Å². The third kappa shape index (κ3) is 3.95. The molecule has 3 rings (SSSR count). The summed E-state index contributed by atoms with van der Waals surface area (Å²) in [5, 5.41) is 8.94. The van der Waals surface area contributed by atoms with E-state index in [1.54, 1.807) is 24.3 Å². The van der Waals surface area contributed by atoms with Crippen LogP contribution in [0.4, 0.5) is 0 Å². The number of ether oxygens (including phenoxy) is 1. The standard InChI is InChI=1S/C22H24N2O2/c1-22(2,3)20-15-24(14-19(26-20)17-7-5-4-6-8-17)21(25)18-11-9-16(13-23)10-12-18/h4-12,19-20H,14-15H2,1-3H3/t19-,20+/m0/s1. The van der Waals surface area contributed by atoms with Crippen molar-refractivity contribution < 1.29 is 9.53 Å². The van der Waals surface area contributed by atoms with Crippen LogP contribution in [0.1, 0.15) is 48.4 Å². The number of nitriles is 1. The summed E-state index contributed by atoms with van der Waals surface area (Å²) < 4.78 is 6.35. The molecule has 1 fully saturated rings. The van der Waals surface area contributed by atoms with Crippen LogP contribution in [-0.2, 0) is 4.74 Å². The van der Waals surface area contributed by atoms with Gasteiger partial charge >= 0.3 is 0 Å². The summed E-state index contributed by atoms with van der Waals surface area (Å²) in [5.74, 6) is -0.0204. The molecule has 4 nitrogen and oxygen atoms in total. The number of morpholine rings is 1. The lowest BCUT2D eigenvalue weighted by atomic mass is 9.87. The molecule has 1 aliphatic rings. The summed E-state index contributed by atoms with van der Waals surface area (Å²) in [4.78, 5) is 14.9. The highest BCUT2D eigenvalue weighted by molar-refractivity contribution is 5.94. The zero-order chi connectivity index (χ0) is 18.7.